The van der Waals surface area contributed by atoms with Crippen molar-refractivity contribution in [2.75, 3.05) is 6.54 Å². The van der Waals surface area contributed by atoms with Gasteiger partial charge in [0.2, 0.25) is 5.91 Å². The van der Waals surface area contributed by atoms with E-state index in [0.717, 1.165) is 37.7 Å². The molecule has 1 aliphatic carbocycles. The number of hydrogen-bond donors (Lipinski definition) is 2. The van der Waals surface area contributed by atoms with Crippen molar-refractivity contribution in [3.63, 3.8) is 0 Å². The Bertz CT molecular complexity index is 539. The van der Waals surface area contributed by atoms with Crippen molar-refractivity contribution in [3.05, 3.63) is 18.0 Å². The zero-order chi connectivity index (χ0) is 16.0. The van der Waals surface area contributed by atoms with Crippen LogP contribution < -0.4 is 10.6 Å². The lowest BCUT2D eigenvalue weighted by Gasteiger charge is -2.31. The molecule has 0 bridgehead atoms. The number of hydrogen-bond acceptors (Lipinski definition) is 4. The van der Waals surface area contributed by atoms with Crippen molar-refractivity contribution < 1.29 is 4.79 Å². The van der Waals surface area contributed by atoms with Gasteiger partial charge in [0.25, 0.3) is 0 Å². The summed E-state index contributed by atoms with van der Waals surface area (Å²) in [6, 6.07) is 2.44. The second kappa shape index (κ2) is 7.41. The van der Waals surface area contributed by atoms with Crippen LogP contribution >= 0.6 is 0 Å². The highest BCUT2D eigenvalue weighted by atomic mass is 16.2. The van der Waals surface area contributed by atoms with Gasteiger partial charge in [-0.3, -0.25) is 9.48 Å². The quantitative estimate of drug-likeness (QED) is 0.834. The Kier molecular flexibility index (Phi) is 5.56. The monoisotopic (exact) mass is 303 g/mol. The molecule has 0 aliphatic heterocycles. The van der Waals surface area contributed by atoms with E-state index in [1.165, 1.54) is 0 Å². The van der Waals surface area contributed by atoms with E-state index in [1.54, 1.807) is 0 Å². The maximum absolute atomic E-state index is 12.1. The Hall–Kier alpha value is -1.87. The van der Waals surface area contributed by atoms with Gasteiger partial charge in [0.15, 0.2) is 0 Å². The minimum Gasteiger partial charge on any atom is -0.337 e. The number of nitrogens with zero attached hydrogens (tertiary/aromatic N) is 3. The van der Waals surface area contributed by atoms with E-state index in [-0.39, 0.29) is 18.5 Å². The van der Waals surface area contributed by atoms with E-state index in [4.69, 9.17) is 0 Å². The third kappa shape index (κ3) is 4.57. The number of rotatable bonds is 6. The van der Waals surface area contributed by atoms with Gasteiger partial charge in [-0.2, -0.15) is 10.4 Å². The maximum atomic E-state index is 12.1. The van der Waals surface area contributed by atoms with Crippen LogP contribution in [-0.2, 0) is 11.3 Å². The Morgan fingerprint density at radius 3 is 2.82 bits per heavy atom. The van der Waals surface area contributed by atoms with Gasteiger partial charge in [0.1, 0.15) is 5.54 Å². The minimum atomic E-state index is -0.653. The SMILES string of the molecule is Cc1cnn(C[C@@H](C)NCC(=O)NC2(C#N)CCCCC2)c1. The summed E-state index contributed by atoms with van der Waals surface area (Å²) in [7, 11) is 0. The molecule has 1 aromatic heterocycles. The average molecular weight is 303 g/mol. The lowest BCUT2D eigenvalue weighted by molar-refractivity contribution is -0.122. The number of aromatic nitrogens is 2. The summed E-state index contributed by atoms with van der Waals surface area (Å²) in [5.41, 5.74) is 0.470. The van der Waals surface area contributed by atoms with Crippen molar-refractivity contribution >= 4 is 5.91 Å². The summed E-state index contributed by atoms with van der Waals surface area (Å²) in [4.78, 5) is 12.1. The molecular formula is C16H25N5O. The zero-order valence-electron chi connectivity index (χ0n) is 13.4. The first-order chi connectivity index (χ1) is 10.5. The first-order valence-electron chi connectivity index (χ1n) is 7.98. The predicted octanol–water partition coefficient (Wildman–Crippen LogP) is 1.51. The van der Waals surface area contributed by atoms with Crippen molar-refractivity contribution in [2.24, 2.45) is 0 Å². The number of carbonyl (C=O) groups is 1. The molecule has 6 nitrogen and oxygen atoms in total. The topological polar surface area (TPSA) is 82.7 Å². The number of nitrogens with one attached hydrogen (secondary N) is 2. The van der Waals surface area contributed by atoms with Crippen LogP contribution in [0.25, 0.3) is 0 Å². The number of aryl methyl sites for hydroxylation is 1. The Morgan fingerprint density at radius 2 is 2.23 bits per heavy atom. The third-order valence-corrected chi connectivity index (χ3v) is 4.13. The molecule has 1 saturated carbocycles. The van der Waals surface area contributed by atoms with Crippen LogP contribution in [0, 0.1) is 18.3 Å². The van der Waals surface area contributed by atoms with Gasteiger partial charge in [-0.15, -0.1) is 0 Å². The molecule has 120 valence electrons. The van der Waals surface area contributed by atoms with E-state index in [1.807, 2.05) is 30.9 Å². The Labute approximate surface area is 131 Å². The molecule has 0 spiro atoms. The van der Waals surface area contributed by atoms with E-state index in [0.29, 0.717) is 6.54 Å². The zero-order valence-corrected chi connectivity index (χ0v) is 13.4. The molecule has 2 N–H and O–H groups in total. The Balaban J connectivity index is 1.76. The summed E-state index contributed by atoms with van der Waals surface area (Å²) in [6.07, 6.45) is 8.49. The van der Waals surface area contributed by atoms with Crippen LogP contribution in [-0.4, -0.2) is 33.8 Å². The normalized spacial score (nSPS) is 18.4. The van der Waals surface area contributed by atoms with Crippen LogP contribution in [0.1, 0.15) is 44.6 Å². The summed E-state index contributed by atoms with van der Waals surface area (Å²) < 4.78 is 1.86. The Morgan fingerprint density at radius 1 is 1.50 bits per heavy atom. The van der Waals surface area contributed by atoms with Crippen molar-refractivity contribution in [2.45, 2.75) is 64.1 Å². The largest absolute Gasteiger partial charge is 0.337 e. The van der Waals surface area contributed by atoms with Crippen molar-refractivity contribution in [3.8, 4) is 6.07 Å². The summed E-state index contributed by atoms with van der Waals surface area (Å²) in [5.74, 6) is -0.105. The van der Waals surface area contributed by atoms with E-state index in [9.17, 15) is 10.1 Å². The first kappa shape index (κ1) is 16.5. The first-order valence-corrected chi connectivity index (χ1v) is 7.98. The fourth-order valence-corrected chi connectivity index (χ4v) is 2.91. The summed E-state index contributed by atoms with van der Waals surface area (Å²) >= 11 is 0. The summed E-state index contributed by atoms with van der Waals surface area (Å²) in [5, 5.41) is 19.7. The highest BCUT2D eigenvalue weighted by Gasteiger charge is 2.33. The van der Waals surface area contributed by atoms with Crippen LogP contribution in [0.5, 0.6) is 0 Å². The van der Waals surface area contributed by atoms with Gasteiger partial charge in [-0.1, -0.05) is 19.3 Å². The molecule has 0 aromatic carbocycles. The number of amides is 1. The average Bonchev–Trinajstić information content (AvgIpc) is 2.91. The standard InChI is InChI=1S/C16H25N5O/c1-13-8-19-21(10-13)11-14(2)18-9-15(22)20-16(12-17)6-4-3-5-7-16/h8,10,14,18H,3-7,9,11H2,1-2H3,(H,20,22)/t14-/m1/s1. The van der Waals surface area contributed by atoms with Crippen molar-refractivity contribution in [1.29, 1.82) is 5.26 Å². The van der Waals surface area contributed by atoms with E-state index in [2.05, 4.69) is 21.8 Å². The molecule has 1 aromatic rings. The fraction of sp³-hybridized carbons (Fsp3) is 0.688. The molecule has 1 atom stereocenters. The van der Waals surface area contributed by atoms with Gasteiger partial charge in [-0.05, 0) is 32.3 Å². The number of carbonyl (C=O) groups excluding carboxylic acids is 1. The second-order valence-corrected chi connectivity index (χ2v) is 6.32. The van der Waals surface area contributed by atoms with E-state index >= 15 is 0 Å². The maximum Gasteiger partial charge on any atom is 0.235 e. The smallest absolute Gasteiger partial charge is 0.235 e. The van der Waals surface area contributed by atoms with Crippen molar-refractivity contribution in [1.82, 2.24) is 20.4 Å². The molecule has 0 unspecified atom stereocenters. The number of nitriles is 1. The second-order valence-electron chi connectivity index (χ2n) is 6.32. The van der Waals surface area contributed by atoms with Gasteiger partial charge in [-0.25, -0.2) is 0 Å². The predicted molar refractivity (Wildman–Crippen MR) is 84.0 cm³/mol. The molecule has 2 rings (SSSR count). The summed E-state index contributed by atoms with van der Waals surface area (Å²) in [6.45, 7) is 4.96. The molecule has 1 heterocycles. The molecular weight excluding hydrogens is 278 g/mol. The van der Waals surface area contributed by atoms with Gasteiger partial charge < -0.3 is 10.6 Å². The third-order valence-electron chi connectivity index (χ3n) is 4.13. The van der Waals surface area contributed by atoms with Crippen LogP contribution in [0.2, 0.25) is 0 Å². The van der Waals surface area contributed by atoms with E-state index < -0.39 is 5.54 Å². The molecule has 0 saturated heterocycles. The molecule has 6 heteroatoms. The highest BCUT2D eigenvalue weighted by Crippen LogP contribution is 2.27. The molecule has 1 aliphatic rings. The van der Waals surface area contributed by atoms with Gasteiger partial charge in [0.05, 0.1) is 25.4 Å². The van der Waals surface area contributed by atoms with Gasteiger partial charge in [0, 0.05) is 12.2 Å². The molecule has 1 fully saturated rings. The lowest BCUT2D eigenvalue weighted by atomic mass is 9.83. The molecule has 1 amide bonds. The minimum absolute atomic E-state index is 0.105. The molecule has 0 radical (unpaired) electrons. The van der Waals surface area contributed by atoms with Crippen LogP contribution in [0.3, 0.4) is 0 Å². The fourth-order valence-electron chi connectivity index (χ4n) is 2.91. The lowest BCUT2D eigenvalue weighted by Crippen LogP contribution is -2.52. The van der Waals surface area contributed by atoms with Crippen LogP contribution in [0.15, 0.2) is 12.4 Å². The highest BCUT2D eigenvalue weighted by molar-refractivity contribution is 5.79. The van der Waals surface area contributed by atoms with Crippen LogP contribution in [0.4, 0.5) is 0 Å². The molecule has 22 heavy (non-hydrogen) atoms. The van der Waals surface area contributed by atoms with Gasteiger partial charge >= 0.3 is 0 Å².